The van der Waals surface area contributed by atoms with E-state index in [1.165, 1.54) is 5.56 Å². The van der Waals surface area contributed by atoms with E-state index in [2.05, 4.69) is 36.5 Å². The average molecular weight is 290 g/mol. The van der Waals surface area contributed by atoms with E-state index in [0.29, 0.717) is 5.02 Å². The number of nitrogens with one attached hydrogen (secondary N) is 1. The molecule has 20 heavy (non-hydrogen) atoms. The summed E-state index contributed by atoms with van der Waals surface area (Å²) in [5.41, 5.74) is 2.33. The van der Waals surface area contributed by atoms with E-state index in [1.807, 2.05) is 24.3 Å². The third kappa shape index (κ3) is 3.53. The second kappa shape index (κ2) is 7.32. The molecular weight excluding hydrogens is 270 g/mol. The van der Waals surface area contributed by atoms with Gasteiger partial charge in [0.15, 0.2) is 0 Å². The Kier molecular flexibility index (Phi) is 5.45. The maximum atomic E-state index is 6.05. The van der Waals surface area contributed by atoms with Crippen molar-refractivity contribution in [3.63, 3.8) is 0 Å². The largest absolute Gasteiger partial charge is 0.496 e. The second-order valence-corrected chi connectivity index (χ2v) is 5.12. The maximum absolute atomic E-state index is 6.05. The lowest BCUT2D eigenvalue weighted by Crippen LogP contribution is -2.23. The van der Waals surface area contributed by atoms with Gasteiger partial charge in [-0.15, -0.1) is 0 Å². The first-order valence-electron chi connectivity index (χ1n) is 6.88. The summed E-state index contributed by atoms with van der Waals surface area (Å²) in [5.74, 6) is 0.815. The molecule has 0 aliphatic carbocycles. The minimum atomic E-state index is 0.114. The van der Waals surface area contributed by atoms with Crippen LogP contribution in [0.25, 0.3) is 0 Å². The molecule has 106 valence electrons. The van der Waals surface area contributed by atoms with Gasteiger partial charge in [-0.25, -0.2) is 0 Å². The molecule has 0 amide bonds. The van der Waals surface area contributed by atoms with Crippen molar-refractivity contribution in [2.24, 2.45) is 0 Å². The molecule has 0 saturated heterocycles. The van der Waals surface area contributed by atoms with Crippen molar-refractivity contribution in [3.8, 4) is 5.75 Å². The summed E-state index contributed by atoms with van der Waals surface area (Å²) < 4.78 is 5.48. The molecule has 0 spiro atoms. The highest BCUT2D eigenvalue weighted by Crippen LogP contribution is 2.32. The van der Waals surface area contributed by atoms with Crippen molar-refractivity contribution in [2.75, 3.05) is 13.7 Å². The van der Waals surface area contributed by atoms with Crippen molar-refractivity contribution in [1.82, 2.24) is 5.32 Å². The first-order valence-corrected chi connectivity index (χ1v) is 7.25. The van der Waals surface area contributed by atoms with Gasteiger partial charge >= 0.3 is 0 Å². The molecule has 2 aromatic rings. The number of halogens is 1. The topological polar surface area (TPSA) is 21.3 Å². The van der Waals surface area contributed by atoms with Crippen LogP contribution < -0.4 is 10.1 Å². The minimum absolute atomic E-state index is 0.114. The first-order chi connectivity index (χ1) is 9.76. The highest BCUT2D eigenvalue weighted by atomic mass is 35.5. The summed E-state index contributed by atoms with van der Waals surface area (Å²) in [7, 11) is 1.68. The molecule has 3 heteroatoms. The number of ether oxygens (including phenoxy) is 1. The van der Waals surface area contributed by atoms with Crippen LogP contribution >= 0.6 is 11.6 Å². The summed E-state index contributed by atoms with van der Waals surface area (Å²) in [6.07, 6.45) is 1.08. The zero-order chi connectivity index (χ0) is 14.4. The molecule has 0 aliphatic heterocycles. The average Bonchev–Trinajstić information content (AvgIpc) is 2.49. The van der Waals surface area contributed by atoms with Crippen molar-refractivity contribution in [1.29, 1.82) is 0 Å². The lowest BCUT2D eigenvalue weighted by Gasteiger charge is -2.22. The number of hydrogen-bond acceptors (Lipinski definition) is 2. The predicted molar refractivity (Wildman–Crippen MR) is 84.6 cm³/mol. The van der Waals surface area contributed by atoms with Crippen LogP contribution in [0, 0.1) is 0 Å². The van der Waals surface area contributed by atoms with Crippen molar-refractivity contribution in [2.45, 2.75) is 19.4 Å². The standard InChI is InChI=1S/C17H20ClNO/c1-3-11-19-17(13-7-5-4-6-8-13)15-10-9-14(18)12-16(15)20-2/h4-10,12,17,19H,3,11H2,1-2H3. The van der Waals surface area contributed by atoms with E-state index in [0.717, 1.165) is 24.3 Å². The van der Waals surface area contributed by atoms with E-state index in [-0.39, 0.29) is 6.04 Å². The Labute approximate surface area is 125 Å². The molecule has 0 bridgehead atoms. The monoisotopic (exact) mass is 289 g/mol. The van der Waals surface area contributed by atoms with Crippen LogP contribution in [0.1, 0.15) is 30.5 Å². The molecule has 1 unspecified atom stereocenters. The molecule has 2 aromatic carbocycles. The van der Waals surface area contributed by atoms with E-state index >= 15 is 0 Å². The Morgan fingerprint density at radius 1 is 1.15 bits per heavy atom. The summed E-state index contributed by atoms with van der Waals surface area (Å²) in [4.78, 5) is 0. The van der Waals surface area contributed by atoms with Gasteiger partial charge in [-0.1, -0.05) is 54.9 Å². The highest BCUT2D eigenvalue weighted by Gasteiger charge is 2.17. The molecular formula is C17H20ClNO. The molecule has 0 aromatic heterocycles. The fourth-order valence-corrected chi connectivity index (χ4v) is 2.43. The van der Waals surface area contributed by atoms with E-state index < -0.39 is 0 Å². The van der Waals surface area contributed by atoms with Crippen LogP contribution in [0.4, 0.5) is 0 Å². The summed E-state index contributed by atoms with van der Waals surface area (Å²) >= 11 is 6.05. The third-order valence-corrected chi connectivity index (χ3v) is 3.47. The first kappa shape index (κ1) is 14.9. The summed E-state index contributed by atoms with van der Waals surface area (Å²) in [6, 6.07) is 16.3. The zero-order valence-corrected chi connectivity index (χ0v) is 12.7. The maximum Gasteiger partial charge on any atom is 0.125 e. The van der Waals surface area contributed by atoms with Gasteiger partial charge in [0.05, 0.1) is 13.2 Å². The lowest BCUT2D eigenvalue weighted by molar-refractivity contribution is 0.404. The Balaban J connectivity index is 2.41. The molecule has 1 N–H and O–H groups in total. The quantitative estimate of drug-likeness (QED) is 0.849. The van der Waals surface area contributed by atoms with Gasteiger partial charge in [0.1, 0.15) is 5.75 Å². The Morgan fingerprint density at radius 2 is 1.90 bits per heavy atom. The Hall–Kier alpha value is -1.51. The fraction of sp³-hybridized carbons (Fsp3) is 0.294. The molecule has 0 heterocycles. The lowest BCUT2D eigenvalue weighted by atomic mass is 9.97. The Bertz CT molecular complexity index is 542. The molecule has 1 atom stereocenters. The highest BCUT2D eigenvalue weighted by molar-refractivity contribution is 6.30. The van der Waals surface area contributed by atoms with E-state index in [4.69, 9.17) is 16.3 Å². The van der Waals surface area contributed by atoms with Crippen LogP contribution in [-0.2, 0) is 0 Å². The van der Waals surface area contributed by atoms with Gasteiger partial charge in [0.25, 0.3) is 0 Å². The van der Waals surface area contributed by atoms with E-state index in [1.54, 1.807) is 7.11 Å². The molecule has 2 nitrogen and oxygen atoms in total. The second-order valence-electron chi connectivity index (χ2n) is 4.68. The summed E-state index contributed by atoms with van der Waals surface area (Å²) in [5, 5.41) is 4.26. The molecule has 2 rings (SSSR count). The van der Waals surface area contributed by atoms with Gasteiger partial charge in [-0.05, 0) is 30.7 Å². The van der Waals surface area contributed by atoms with Gasteiger partial charge < -0.3 is 10.1 Å². The zero-order valence-electron chi connectivity index (χ0n) is 11.9. The fourth-order valence-electron chi connectivity index (χ4n) is 2.26. The summed E-state index contributed by atoms with van der Waals surface area (Å²) in [6.45, 7) is 3.11. The number of hydrogen-bond donors (Lipinski definition) is 1. The van der Waals surface area contributed by atoms with Gasteiger partial charge in [0, 0.05) is 10.6 Å². The molecule has 0 aliphatic rings. The minimum Gasteiger partial charge on any atom is -0.496 e. The molecule has 0 saturated carbocycles. The van der Waals surface area contributed by atoms with Crippen LogP contribution in [0.5, 0.6) is 5.75 Å². The van der Waals surface area contributed by atoms with E-state index in [9.17, 15) is 0 Å². The van der Waals surface area contributed by atoms with Gasteiger partial charge in [-0.2, -0.15) is 0 Å². The van der Waals surface area contributed by atoms with Crippen LogP contribution in [0.2, 0.25) is 5.02 Å². The number of methoxy groups -OCH3 is 1. The van der Waals surface area contributed by atoms with Crippen LogP contribution in [0.3, 0.4) is 0 Å². The Morgan fingerprint density at radius 3 is 2.55 bits per heavy atom. The van der Waals surface area contributed by atoms with Crippen molar-refractivity contribution >= 4 is 11.6 Å². The molecule has 0 radical (unpaired) electrons. The van der Waals surface area contributed by atoms with Crippen LogP contribution in [0.15, 0.2) is 48.5 Å². The van der Waals surface area contributed by atoms with Crippen molar-refractivity contribution in [3.05, 3.63) is 64.7 Å². The molecule has 0 fully saturated rings. The van der Waals surface area contributed by atoms with Gasteiger partial charge in [-0.3, -0.25) is 0 Å². The van der Waals surface area contributed by atoms with Crippen molar-refractivity contribution < 1.29 is 4.74 Å². The predicted octanol–water partition coefficient (Wildman–Crippen LogP) is 4.44. The smallest absolute Gasteiger partial charge is 0.125 e. The number of rotatable bonds is 6. The third-order valence-electron chi connectivity index (χ3n) is 3.24. The van der Waals surface area contributed by atoms with Crippen LogP contribution in [-0.4, -0.2) is 13.7 Å². The van der Waals surface area contributed by atoms with Gasteiger partial charge in [0.2, 0.25) is 0 Å². The SMILES string of the molecule is CCCNC(c1ccccc1)c1ccc(Cl)cc1OC. The number of benzene rings is 2. The normalized spacial score (nSPS) is 12.2.